The molecule has 30 heavy (non-hydrogen) atoms. The molecular weight excluding hydrogens is 433 g/mol. The average Bonchev–Trinajstić information content (AvgIpc) is 3.56. The number of carbonyl (C=O) groups excluding carboxylic acids is 1. The maximum Gasteiger partial charge on any atom is 1.00 e. The minimum atomic E-state index is -3.66. The third-order valence-corrected chi connectivity index (χ3v) is 7.07. The van der Waals surface area contributed by atoms with Crippen LogP contribution in [-0.2, 0) is 21.4 Å². The molecule has 0 aliphatic heterocycles. The zero-order chi connectivity index (χ0) is 21.0. The molecule has 0 spiro atoms. The van der Waals surface area contributed by atoms with Crippen LogP contribution >= 0.6 is 0 Å². The molecule has 1 saturated carbocycles. The van der Waals surface area contributed by atoms with E-state index in [2.05, 4.69) is 9.97 Å². The fraction of sp³-hybridized carbons (Fsp3) is 0.450. The first kappa shape index (κ1) is 25.2. The van der Waals surface area contributed by atoms with Crippen molar-refractivity contribution in [1.29, 1.82) is 0 Å². The first-order valence-corrected chi connectivity index (χ1v) is 11.1. The van der Waals surface area contributed by atoms with Crippen LogP contribution in [0.3, 0.4) is 0 Å². The third-order valence-electron chi connectivity index (χ3n) is 4.84. The van der Waals surface area contributed by atoms with Crippen molar-refractivity contribution < 1.29 is 74.4 Å². The molecule has 2 aromatic rings. The van der Waals surface area contributed by atoms with Crippen molar-refractivity contribution in [2.75, 3.05) is 11.4 Å². The van der Waals surface area contributed by atoms with Gasteiger partial charge in [-0.3, -0.25) is 0 Å². The number of hydrogen-bond donors (Lipinski definition) is 0. The Morgan fingerprint density at radius 1 is 1.27 bits per heavy atom. The topological polar surface area (TPSA) is 113 Å². The Bertz CT molecular complexity index is 965. The summed E-state index contributed by atoms with van der Waals surface area (Å²) in [7, 11) is -2.10. The van der Waals surface area contributed by atoms with Crippen molar-refractivity contribution >= 4 is 21.9 Å². The summed E-state index contributed by atoms with van der Waals surface area (Å²) >= 11 is 0. The Kier molecular flexibility index (Phi) is 9.25. The van der Waals surface area contributed by atoms with Crippen LogP contribution in [0.5, 0.6) is 5.75 Å². The van der Waals surface area contributed by atoms with Crippen LogP contribution in [0, 0.1) is 0 Å². The number of aliphatic carboxylic acids is 1. The van der Waals surface area contributed by atoms with Crippen LogP contribution < -0.4 is 65.5 Å². The standard InChI is InChI=1S/C20H25N3O5S.K/c1-3-4-17(19(24)25)18-11-12-21-20(22-18)23(29(26,27)16-9-10-16)13-14-5-7-15(28-2)8-6-14;/h5-8,11-12,16-17H,3-4,9-10,13H2,1-2H3,(H,24,25);/q;+1/p-1. The van der Waals surface area contributed by atoms with Gasteiger partial charge in [0.2, 0.25) is 16.0 Å². The summed E-state index contributed by atoms with van der Waals surface area (Å²) in [5, 5.41) is 11.1. The van der Waals surface area contributed by atoms with Gasteiger partial charge >= 0.3 is 51.4 Å². The SMILES string of the molecule is CCCC(C(=O)[O-])c1ccnc(N(Cc2ccc(OC)cc2)S(=O)(=O)C2CC2)n1.[K+]. The van der Waals surface area contributed by atoms with Crippen molar-refractivity contribution in [3.8, 4) is 5.75 Å². The molecule has 0 radical (unpaired) electrons. The number of benzene rings is 1. The molecule has 10 heteroatoms. The van der Waals surface area contributed by atoms with E-state index in [0.29, 0.717) is 31.4 Å². The summed E-state index contributed by atoms with van der Waals surface area (Å²) < 4.78 is 32.4. The predicted octanol–water partition coefficient (Wildman–Crippen LogP) is -1.38. The van der Waals surface area contributed by atoms with E-state index in [1.807, 2.05) is 6.92 Å². The monoisotopic (exact) mass is 457 g/mol. The number of nitrogens with zero attached hydrogens (tertiary/aromatic N) is 3. The Morgan fingerprint density at radius 3 is 2.47 bits per heavy atom. The van der Waals surface area contributed by atoms with Crippen LogP contribution in [0.2, 0.25) is 0 Å². The zero-order valence-corrected chi connectivity index (χ0v) is 21.4. The van der Waals surface area contributed by atoms with Gasteiger partial charge in [-0.15, -0.1) is 0 Å². The fourth-order valence-electron chi connectivity index (χ4n) is 3.07. The molecule has 1 atom stereocenters. The number of ether oxygens (including phenoxy) is 1. The second kappa shape index (κ2) is 11.0. The number of methoxy groups -OCH3 is 1. The first-order chi connectivity index (χ1) is 13.9. The zero-order valence-electron chi connectivity index (χ0n) is 17.4. The maximum absolute atomic E-state index is 13.1. The van der Waals surface area contributed by atoms with E-state index in [1.165, 1.54) is 16.6 Å². The van der Waals surface area contributed by atoms with E-state index in [9.17, 15) is 18.3 Å². The van der Waals surface area contributed by atoms with Gasteiger partial charge < -0.3 is 14.6 Å². The quantitative estimate of drug-likeness (QED) is 0.404. The Labute approximate surface area is 219 Å². The van der Waals surface area contributed by atoms with Gasteiger partial charge in [0.05, 0.1) is 30.6 Å². The molecule has 0 amide bonds. The van der Waals surface area contributed by atoms with Crippen LogP contribution in [0.15, 0.2) is 36.5 Å². The largest absolute Gasteiger partial charge is 1.00 e. The van der Waals surface area contributed by atoms with Crippen molar-refractivity contribution in [3.05, 3.63) is 47.8 Å². The summed E-state index contributed by atoms with van der Waals surface area (Å²) in [5.74, 6) is -1.50. The summed E-state index contributed by atoms with van der Waals surface area (Å²) in [6, 6.07) is 8.55. The predicted molar refractivity (Wildman–Crippen MR) is 106 cm³/mol. The molecule has 156 valence electrons. The van der Waals surface area contributed by atoms with E-state index in [1.54, 1.807) is 31.4 Å². The van der Waals surface area contributed by atoms with Crippen LogP contribution in [-0.4, -0.2) is 36.7 Å². The van der Waals surface area contributed by atoms with Gasteiger partial charge in [0.1, 0.15) is 5.75 Å². The molecule has 1 aromatic carbocycles. The third kappa shape index (κ3) is 6.01. The van der Waals surface area contributed by atoms with Gasteiger partial charge in [0.25, 0.3) is 0 Å². The maximum atomic E-state index is 13.1. The molecule has 1 fully saturated rings. The number of hydrogen-bond acceptors (Lipinski definition) is 7. The smallest absolute Gasteiger partial charge is 0.549 e. The first-order valence-electron chi connectivity index (χ1n) is 9.55. The van der Waals surface area contributed by atoms with E-state index in [0.717, 1.165) is 5.56 Å². The van der Waals surface area contributed by atoms with Gasteiger partial charge in [0.15, 0.2) is 0 Å². The Morgan fingerprint density at radius 2 is 1.93 bits per heavy atom. The molecule has 1 aromatic heterocycles. The van der Waals surface area contributed by atoms with Gasteiger partial charge in [-0.25, -0.2) is 22.7 Å². The van der Waals surface area contributed by atoms with Gasteiger partial charge in [-0.2, -0.15) is 0 Å². The molecule has 0 N–H and O–H groups in total. The number of carboxylic acids is 1. The summed E-state index contributed by atoms with van der Waals surface area (Å²) in [4.78, 5) is 20.0. The van der Waals surface area contributed by atoms with Gasteiger partial charge in [0, 0.05) is 12.1 Å². The van der Waals surface area contributed by atoms with Gasteiger partial charge in [-0.1, -0.05) is 25.5 Å². The average molecular weight is 458 g/mol. The summed E-state index contributed by atoms with van der Waals surface area (Å²) in [5.41, 5.74) is 0.997. The minimum Gasteiger partial charge on any atom is -0.549 e. The number of rotatable bonds is 10. The minimum absolute atomic E-state index is 0. The van der Waals surface area contributed by atoms with Crippen LogP contribution in [0.1, 0.15) is 49.8 Å². The van der Waals surface area contributed by atoms with Crippen LogP contribution in [0.4, 0.5) is 5.95 Å². The normalized spacial score (nSPS) is 14.5. The number of anilines is 1. The molecule has 1 aliphatic carbocycles. The molecular formula is C20H24KN3O5S. The second-order valence-electron chi connectivity index (χ2n) is 7.04. The molecule has 1 unspecified atom stereocenters. The molecule has 0 bridgehead atoms. The number of aromatic nitrogens is 2. The summed E-state index contributed by atoms with van der Waals surface area (Å²) in [6.07, 6.45) is 3.57. The van der Waals surface area contributed by atoms with Crippen LogP contribution in [0.25, 0.3) is 0 Å². The molecule has 3 rings (SSSR count). The van der Waals surface area contributed by atoms with Crippen molar-refractivity contribution in [2.24, 2.45) is 0 Å². The molecule has 1 heterocycles. The van der Waals surface area contributed by atoms with Crippen molar-refractivity contribution in [2.45, 2.75) is 50.3 Å². The van der Waals surface area contributed by atoms with E-state index >= 15 is 0 Å². The number of carboxylic acid groups (broad SMARTS) is 1. The van der Waals surface area contributed by atoms with Crippen molar-refractivity contribution in [1.82, 2.24) is 9.97 Å². The number of carbonyl (C=O) groups is 1. The van der Waals surface area contributed by atoms with Crippen molar-refractivity contribution in [3.63, 3.8) is 0 Å². The van der Waals surface area contributed by atoms with Gasteiger partial charge in [-0.05, 0) is 43.0 Å². The Hall–Kier alpha value is -1.04. The fourth-order valence-corrected chi connectivity index (χ4v) is 4.80. The molecule has 1 aliphatic rings. The van der Waals surface area contributed by atoms with E-state index in [4.69, 9.17) is 4.74 Å². The summed E-state index contributed by atoms with van der Waals surface area (Å²) in [6.45, 7) is 1.92. The second-order valence-corrected chi connectivity index (χ2v) is 9.18. The number of sulfonamides is 1. The molecule has 0 saturated heterocycles. The van der Waals surface area contributed by atoms with E-state index in [-0.39, 0.29) is 69.6 Å². The Balaban J connectivity index is 0.00000320. The molecule has 8 nitrogen and oxygen atoms in total. The van der Waals surface area contributed by atoms with E-state index < -0.39 is 27.2 Å².